The molecule has 0 aliphatic carbocycles. The van der Waals surface area contributed by atoms with Crippen LogP contribution in [0.15, 0.2) is 42.5 Å². The summed E-state index contributed by atoms with van der Waals surface area (Å²) < 4.78 is 30.7. The van der Waals surface area contributed by atoms with Crippen LogP contribution in [0.3, 0.4) is 0 Å². The van der Waals surface area contributed by atoms with Gasteiger partial charge in [0.1, 0.15) is 5.75 Å². The third kappa shape index (κ3) is 5.79. The van der Waals surface area contributed by atoms with Crippen molar-refractivity contribution in [2.24, 2.45) is 0 Å². The molecule has 1 amide bonds. The summed E-state index contributed by atoms with van der Waals surface area (Å²) in [6.07, 6.45) is 1.13. The third-order valence-electron chi connectivity index (χ3n) is 3.25. The summed E-state index contributed by atoms with van der Waals surface area (Å²) in [5.74, 6) is 0.396. The van der Waals surface area contributed by atoms with E-state index in [-0.39, 0.29) is 12.0 Å². The number of hydrogen-bond acceptors (Lipinski definition) is 4. The highest BCUT2D eigenvalue weighted by molar-refractivity contribution is 7.92. The maximum atomic E-state index is 12.4. The van der Waals surface area contributed by atoms with E-state index in [0.29, 0.717) is 28.3 Å². The standard InChI is InChI=1S/C18H22N2O4S/c1-12(2)24-16-7-5-6-15(11-16)19-18(21)14-8-9-17(13(3)10-14)20-25(4,22)23/h5-12,20H,1-4H3,(H,19,21). The Labute approximate surface area is 148 Å². The van der Waals surface area contributed by atoms with Gasteiger partial charge in [-0.1, -0.05) is 6.07 Å². The topological polar surface area (TPSA) is 84.5 Å². The van der Waals surface area contributed by atoms with Crippen molar-refractivity contribution in [3.05, 3.63) is 53.6 Å². The van der Waals surface area contributed by atoms with Crippen molar-refractivity contribution < 1.29 is 17.9 Å². The van der Waals surface area contributed by atoms with Gasteiger partial charge in [-0.25, -0.2) is 8.42 Å². The molecule has 2 rings (SSSR count). The Kier molecular flexibility index (Phi) is 5.69. The molecule has 0 aromatic heterocycles. The first-order valence-electron chi connectivity index (χ1n) is 7.80. The molecule has 2 aromatic carbocycles. The highest BCUT2D eigenvalue weighted by Crippen LogP contribution is 2.21. The molecular weight excluding hydrogens is 340 g/mol. The largest absolute Gasteiger partial charge is 0.491 e. The van der Waals surface area contributed by atoms with E-state index >= 15 is 0 Å². The Morgan fingerprint density at radius 2 is 1.84 bits per heavy atom. The fourth-order valence-corrected chi connectivity index (χ4v) is 2.87. The van der Waals surface area contributed by atoms with E-state index in [9.17, 15) is 13.2 Å². The molecule has 0 atom stereocenters. The van der Waals surface area contributed by atoms with Crippen molar-refractivity contribution >= 4 is 27.3 Å². The Morgan fingerprint density at radius 3 is 2.44 bits per heavy atom. The molecule has 2 N–H and O–H groups in total. The Bertz CT molecular complexity index is 876. The summed E-state index contributed by atoms with van der Waals surface area (Å²) in [5, 5.41) is 2.81. The van der Waals surface area contributed by atoms with E-state index in [1.54, 1.807) is 43.3 Å². The first kappa shape index (κ1) is 18.8. The molecular formula is C18H22N2O4S. The maximum absolute atomic E-state index is 12.4. The molecule has 0 fully saturated rings. The van der Waals surface area contributed by atoms with Crippen LogP contribution in [0, 0.1) is 6.92 Å². The van der Waals surface area contributed by atoms with E-state index in [0.717, 1.165) is 6.26 Å². The lowest BCUT2D eigenvalue weighted by Gasteiger charge is -2.12. The molecule has 0 bridgehead atoms. The number of carbonyl (C=O) groups is 1. The fourth-order valence-electron chi connectivity index (χ4n) is 2.24. The Morgan fingerprint density at radius 1 is 1.12 bits per heavy atom. The van der Waals surface area contributed by atoms with Gasteiger partial charge in [-0.05, 0) is 56.7 Å². The summed E-state index contributed by atoms with van der Waals surface area (Å²) in [5.41, 5.74) is 2.17. The van der Waals surface area contributed by atoms with Gasteiger partial charge < -0.3 is 10.1 Å². The normalized spacial score (nSPS) is 11.2. The van der Waals surface area contributed by atoms with Crippen molar-refractivity contribution in [2.75, 3.05) is 16.3 Å². The maximum Gasteiger partial charge on any atom is 0.255 e. The zero-order valence-electron chi connectivity index (χ0n) is 14.7. The van der Waals surface area contributed by atoms with Crippen LogP contribution in [0.25, 0.3) is 0 Å². The lowest BCUT2D eigenvalue weighted by molar-refractivity contribution is 0.102. The van der Waals surface area contributed by atoms with E-state index in [2.05, 4.69) is 10.0 Å². The van der Waals surface area contributed by atoms with E-state index < -0.39 is 10.0 Å². The number of amides is 1. The van der Waals surface area contributed by atoms with Crippen molar-refractivity contribution in [1.29, 1.82) is 0 Å². The summed E-state index contributed by atoms with van der Waals surface area (Å²) in [7, 11) is -3.36. The van der Waals surface area contributed by atoms with Crippen LogP contribution in [0.4, 0.5) is 11.4 Å². The van der Waals surface area contributed by atoms with Crippen LogP contribution in [-0.4, -0.2) is 26.7 Å². The molecule has 6 nitrogen and oxygen atoms in total. The second-order valence-electron chi connectivity index (χ2n) is 6.05. The summed E-state index contributed by atoms with van der Waals surface area (Å²) in [6.45, 7) is 5.60. The zero-order chi connectivity index (χ0) is 18.6. The van der Waals surface area contributed by atoms with Crippen molar-refractivity contribution in [3.8, 4) is 5.75 Å². The summed E-state index contributed by atoms with van der Waals surface area (Å²) in [6, 6.07) is 11.9. The molecule has 0 saturated carbocycles. The molecule has 0 spiro atoms. The molecule has 134 valence electrons. The van der Waals surface area contributed by atoms with E-state index in [1.807, 2.05) is 19.9 Å². The molecule has 0 heterocycles. The Balaban J connectivity index is 2.15. The Hall–Kier alpha value is -2.54. The first-order valence-corrected chi connectivity index (χ1v) is 9.70. The predicted octanol–water partition coefficient (Wildman–Crippen LogP) is 3.41. The van der Waals surface area contributed by atoms with Crippen molar-refractivity contribution in [1.82, 2.24) is 0 Å². The third-order valence-corrected chi connectivity index (χ3v) is 3.84. The average Bonchev–Trinajstić information content (AvgIpc) is 2.47. The highest BCUT2D eigenvalue weighted by atomic mass is 32.2. The van der Waals surface area contributed by atoms with Crippen LogP contribution in [0.5, 0.6) is 5.75 Å². The average molecular weight is 362 g/mol. The smallest absolute Gasteiger partial charge is 0.255 e. The van der Waals surface area contributed by atoms with Gasteiger partial charge in [0.2, 0.25) is 10.0 Å². The van der Waals surface area contributed by atoms with E-state index in [1.165, 1.54) is 0 Å². The van der Waals surface area contributed by atoms with Crippen LogP contribution in [0.1, 0.15) is 29.8 Å². The highest BCUT2D eigenvalue weighted by Gasteiger charge is 2.11. The summed E-state index contributed by atoms with van der Waals surface area (Å²) >= 11 is 0. The van der Waals surface area contributed by atoms with Gasteiger partial charge in [-0.2, -0.15) is 0 Å². The predicted molar refractivity (Wildman–Crippen MR) is 99.8 cm³/mol. The monoisotopic (exact) mass is 362 g/mol. The van der Waals surface area contributed by atoms with Crippen LogP contribution in [0.2, 0.25) is 0 Å². The van der Waals surface area contributed by atoms with Gasteiger partial charge in [0.05, 0.1) is 18.0 Å². The van der Waals surface area contributed by atoms with Gasteiger partial charge in [0.15, 0.2) is 0 Å². The van der Waals surface area contributed by atoms with Crippen molar-refractivity contribution in [3.63, 3.8) is 0 Å². The number of ether oxygens (including phenoxy) is 1. The number of carbonyl (C=O) groups excluding carboxylic acids is 1. The molecule has 2 aromatic rings. The van der Waals surface area contributed by atoms with Crippen LogP contribution in [-0.2, 0) is 10.0 Å². The molecule has 0 aliphatic rings. The van der Waals surface area contributed by atoms with Gasteiger partial charge >= 0.3 is 0 Å². The number of hydrogen-bond donors (Lipinski definition) is 2. The number of rotatable bonds is 6. The number of anilines is 2. The van der Waals surface area contributed by atoms with Crippen LogP contribution >= 0.6 is 0 Å². The second kappa shape index (κ2) is 7.57. The molecule has 7 heteroatoms. The molecule has 0 saturated heterocycles. The summed E-state index contributed by atoms with van der Waals surface area (Å²) in [4.78, 5) is 12.4. The SMILES string of the molecule is Cc1cc(C(=O)Nc2cccc(OC(C)C)c2)ccc1NS(C)(=O)=O. The second-order valence-corrected chi connectivity index (χ2v) is 7.80. The van der Waals surface area contributed by atoms with E-state index in [4.69, 9.17) is 4.74 Å². The van der Waals surface area contributed by atoms with Crippen molar-refractivity contribution in [2.45, 2.75) is 26.9 Å². The van der Waals surface area contributed by atoms with Crippen LogP contribution < -0.4 is 14.8 Å². The number of benzene rings is 2. The molecule has 25 heavy (non-hydrogen) atoms. The van der Waals surface area contributed by atoms with Gasteiger partial charge in [0, 0.05) is 17.3 Å². The minimum atomic E-state index is -3.36. The lowest BCUT2D eigenvalue weighted by Crippen LogP contribution is -2.14. The first-order chi connectivity index (χ1) is 11.6. The van der Waals surface area contributed by atoms with Gasteiger partial charge in [-0.3, -0.25) is 9.52 Å². The fraction of sp³-hybridized carbons (Fsp3) is 0.278. The van der Waals surface area contributed by atoms with Gasteiger partial charge in [0.25, 0.3) is 5.91 Å². The number of aryl methyl sites for hydroxylation is 1. The zero-order valence-corrected chi connectivity index (χ0v) is 15.5. The molecule has 0 aliphatic heterocycles. The minimum Gasteiger partial charge on any atom is -0.491 e. The number of sulfonamides is 1. The van der Waals surface area contributed by atoms with Gasteiger partial charge in [-0.15, -0.1) is 0 Å². The molecule has 0 radical (unpaired) electrons. The minimum absolute atomic E-state index is 0.0449. The lowest BCUT2D eigenvalue weighted by atomic mass is 10.1. The molecule has 0 unspecified atom stereocenters. The number of nitrogens with one attached hydrogen (secondary N) is 2. The quantitative estimate of drug-likeness (QED) is 0.825.